The molecule has 3 aromatic carbocycles. The van der Waals surface area contributed by atoms with Crippen molar-refractivity contribution >= 4 is 11.9 Å². The summed E-state index contributed by atoms with van der Waals surface area (Å²) in [6.07, 6.45) is 8.82. The van der Waals surface area contributed by atoms with Crippen molar-refractivity contribution in [3.63, 3.8) is 0 Å². The Hall–Kier alpha value is -3.75. The van der Waals surface area contributed by atoms with Crippen LogP contribution in [0.5, 0.6) is 11.5 Å². The zero-order valence-corrected chi connectivity index (χ0v) is 24.6. The summed E-state index contributed by atoms with van der Waals surface area (Å²) < 4.78 is 22.9. The Bertz CT molecular complexity index is 1250. The molecule has 0 radical (unpaired) electrons. The molecule has 1 heterocycles. The maximum absolute atomic E-state index is 12.7. The minimum Gasteiger partial charge on any atom is -0.493 e. The third kappa shape index (κ3) is 9.39. The molecule has 222 valence electrons. The molecule has 1 aliphatic heterocycles. The summed E-state index contributed by atoms with van der Waals surface area (Å²) in [5.41, 5.74) is 9.50. The summed E-state index contributed by atoms with van der Waals surface area (Å²) in [7, 11) is 1.60. The zero-order chi connectivity index (χ0) is 29.6. The number of piperidine rings is 1. The minimum atomic E-state index is -0.574. The zero-order valence-electron chi connectivity index (χ0n) is 24.6. The number of benzene rings is 3. The number of nitrogens with zero attached hydrogens (tertiary/aromatic N) is 1. The van der Waals surface area contributed by atoms with E-state index in [1.54, 1.807) is 13.2 Å². The SMILES string of the molecule is CCOCOc1ccc(C=CC=CC(=O)C(N)CN2CCC(OC(c3ccccc3)c3ccccc3)CC2)cc1OC. The molecule has 1 fully saturated rings. The second-order valence-corrected chi connectivity index (χ2v) is 10.2. The molecule has 0 saturated carbocycles. The number of methoxy groups -OCH3 is 1. The number of hydrogen-bond donors (Lipinski definition) is 1. The summed E-state index contributed by atoms with van der Waals surface area (Å²) in [5.74, 6) is 1.13. The molecule has 1 saturated heterocycles. The Kier molecular flexibility index (Phi) is 12.4. The van der Waals surface area contributed by atoms with Crippen LogP contribution in [0.2, 0.25) is 0 Å². The summed E-state index contributed by atoms with van der Waals surface area (Å²) in [6.45, 7) is 4.88. The van der Waals surface area contributed by atoms with Gasteiger partial charge in [-0.15, -0.1) is 0 Å². The van der Waals surface area contributed by atoms with E-state index in [9.17, 15) is 4.79 Å². The smallest absolute Gasteiger partial charge is 0.189 e. The number of allylic oxidation sites excluding steroid dienone is 2. The first-order valence-electron chi connectivity index (χ1n) is 14.6. The molecule has 0 aromatic heterocycles. The standard InChI is InChI=1S/C35H42N2O5/c1-3-40-26-41-33-19-18-27(24-34(33)39-2)12-10-11-17-32(38)31(36)25-37-22-20-30(21-23-37)42-35(28-13-6-4-7-14-28)29-15-8-5-9-16-29/h4-19,24,30-31,35H,3,20-23,25-26,36H2,1-2H3. The van der Waals surface area contributed by atoms with Gasteiger partial charge in [0.1, 0.15) is 6.10 Å². The van der Waals surface area contributed by atoms with Gasteiger partial charge in [0.25, 0.3) is 0 Å². The van der Waals surface area contributed by atoms with Crippen molar-refractivity contribution in [3.05, 3.63) is 114 Å². The quantitative estimate of drug-likeness (QED) is 0.107. The second-order valence-electron chi connectivity index (χ2n) is 10.2. The van der Waals surface area contributed by atoms with Crippen molar-refractivity contribution in [2.24, 2.45) is 5.73 Å². The Morgan fingerprint density at radius 3 is 2.24 bits per heavy atom. The highest BCUT2D eigenvalue weighted by Gasteiger charge is 2.26. The highest BCUT2D eigenvalue weighted by molar-refractivity contribution is 5.94. The van der Waals surface area contributed by atoms with Crippen LogP contribution >= 0.6 is 0 Å². The number of carbonyl (C=O) groups excluding carboxylic acids is 1. The maximum atomic E-state index is 12.7. The van der Waals surface area contributed by atoms with Crippen LogP contribution < -0.4 is 15.2 Å². The normalized spacial score (nSPS) is 15.4. The molecule has 42 heavy (non-hydrogen) atoms. The number of nitrogens with two attached hydrogens (primary N) is 1. The predicted molar refractivity (Wildman–Crippen MR) is 167 cm³/mol. The van der Waals surface area contributed by atoms with Crippen LogP contribution in [-0.4, -0.2) is 63.0 Å². The van der Waals surface area contributed by atoms with Crippen molar-refractivity contribution in [2.45, 2.75) is 38.0 Å². The van der Waals surface area contributed by atoms with Crippen LogP contribution in [0.1, 0.15) is 42.6 Å². The number of rotatable bonds is 15. The van der Waals surface area contributed by atoms with Crippen LogP contribution in [0.15, 0.2) is 97.1 Å². The first-order valence-corrected chi connectivity index (χ1v) is 14.6. The van der Waals surface area contributed by atoms with Crippen LogP contribution in [0, 0.1) is 0 Å². The molecule has 4 rings (SSSR count). The van der Waals surface area contributed by atoms with Gasteiger partial charge in [-0.25, -0.2) is 0 Å². The number of likely N-dealkylation sites (tertiary alicyclic amines) is 1. The van der Waals surface area contributed by atoms with Crippen LogP contribution in [0.3, 0.4) is 0 Å². The molecule has 0 amide bonds. The molecule has 0 aliphatic carbocycles. The monoisotopic (exact) mass is 570 g/mol. The van der Waals surface area contributed by atoms with E-state index in [0.29, 0.717) is 24.7 Å². The second kappa shape index (κ2) is 16.6. The Labute approximate surface area is 249 Å². The van der Waals surface area contributed by atoms with E-state index in [-0.39, 0.29) is 24.8 Å². The van der Waals surface area contributed by atoms with Crippen molar-refractivity contribution < 1.29 is 23.7 Å². The fourth-order valence-electron chi connectivity index (χ4n) is 4.93. The van der Waals surface area contributed by atoms with Gasteiger partial charge in [-0.1, -0.05) is 85.0 Å². The van der Waals surface area contributed by atoms with Gasteiger partial charge < -0.3 is 29.6 Å². The highest BCUT2D eigenvalue weighted by Crippen LogP contribution is 2.30. The van der Waals surface area contributed by atoms with Crippen LogP contribution in [0.4, 0.5) is 0 Å². The number of ether oxygens (including phenoxy) is 4. The molecule has 7 nitrogen and oxygen atoms in total. The fourth-order valence-corrected chi connectivity index (χ4v) is 4.93. The topological polar surface area (TPSA) is 83.2 Å². The number of carbonyl (C=O) groups is 1. The van der Waals surface area contributed by atoms with Gasteiger partial charge in [-0.3, -0.25) is 4.79 Å². The van der Waals surface area contributed by atoms with Crippen molar-refractivity contribution in [2.75, 3.05) is 40.1 Å². The van der Waals surface area contributed by atoms with Gasteiger partial charge in [0.05, 0.1) is 19.3 Å². The molecular formula is C35H42N2O5. The average molecular weight is 571 g/mol. The fraction of sp³-hybridized carbons (Fsp3) is 0.343. The van der Waals surface area contributed by atoms with Crippen molar-refractivity contribution in [3.8, 4) is 11.5 Å². The third-order valence-electron chi connectivity index (χ3n) is 7.24. The van der Waals surface area contributed by atoms with Gasteiger partial charge in [0, 0.05) is 26.2 Å². The lowest BCUT2D eigenvalue weighted by molar-refractivity contribution is -0.116. The molecule has 1 atom stereocenters. The predicted octanol–water partition coefficient (Wildman–Crippen LogP) is 5.80. The summed E-state index contributed by atoms with van der Waals surface area (Å²) in [5, 5.41) is 0. The van der Waals surface area contributed by atoms with E-state index in [0.717, 1.165) is 42.6 Å². The molecule has 7 heteroatoms. The average Bonchev–Trinajstić information content (AvgIpc) is 3.04. The molecule has 3 aromatic rings. The van der Waals surface area contributed by atoms with E-state index in [1.165, 1.54) is 6.08 Å². The van der Waals surface area contributed by atoms with E-state index < -0.39 is 6.04 Å². The van der Waals surface area contributed by atoms with Crippen molar-refractivity contribution in [1.29, 1.82) is 0 Å². The first kappa shape index (κ1) is 31.2. The third-order valence-corrected chi connectivity index (χ3v) is 7.24. The van der Waals surface area contributed by atoms with Gasteiger partial charge in [0.15, 0.2) is 24.1 Å². The molecule has 2 N–H and O–H groups in total. The lowest BCUT2D eigenvalue weighted by Crippen LogP contribution is -2.46. The molecule has 1 unspecified atom stereocenters. The summed E-state index contributed by atoms with van der Waals surface area (Å²) in [6, 6.07) is 25.8. The Morgan fingerprint density at radius 2 is 1.62 bits per heavy atom. The lowest BCUT2D eigenvalue weighted by Gasteiger charge is -2.35. The van der Waals surface area contributed by atoms with Crippen molar-refractivity contribution in [1.82, 2.24) is 4.90 Å². The van der Waals surface area contributed by atoms with Gasteiger partial charge in [-0.05, 0) is 54.7 Å². The van der Waals surface area contributed by atoms with Gasteiger partial charge in [0.2, 0.25) is 0 Å². The lowest BCUT2D eigenvalue weighted by atomic mass is 10.00. The molecular weight excluding hydrogens is 528 g/mol. The van der Waals surface area contributed by atoms with Gasteiger partial charge >= 0.3 is 0 Å². The highest BCUT2D eigenvalue weighted by atomic mass is 16.7. The van der Waals surface area contributed by atoms with Gasteiger partial charge in [-0.2, -0.15) is 0 Å². The maximum Gasteiger partial charge on any atom is 0.189 e. The van der Waals surface area contributed by atoms with E-state index in [4.69, 9.17) is 24.7 Å². The Morgan fingerprint density at radius 1 is 0.952 bits per heavy atom. The summed E-state index contributed by atoms with van der Waals surface area (Å²) in [4.78, 5) is 14.9. The van der Waals surface area contributed by atoms with Crippen LogP contribution in [0.25, 0.3) is 6.08 Å². The number of ketones is 1. The van der Waals surface area contributed by atoms with E-state index in [2.05, 4.69) is 53.4 Å². The molecule has 0 spiro atoms. The van der Waals surface area contributed by atoms with E-state index >= 15 is 0 Å². The minimum absolute atomic E-state index is 0.0940. The van der Waals surface area contributed by atoms with Crippen LogP contribution in [-0.2, 0) is 14.3 Å². The number of hydrogen-bond acceptors (Lipinski definition) is 7. The summed E-state index contributed by atoms with van der Waals surface area (Å²) >= 11 is 0. The van der Waals surface area contributed by atoms with E-state index in [1.807, 2.05) is 49.4 Å². The first-order chi connectivity index (χ1) is 20.6. The molecule has 1 aliphatic rings. The molecule has 0 bridgehead atoms. The largest absolute Gasteiger partial charge is 0.493 e. The Balaban J connectivity index is 1.23.